The van der Waals surface area contributed by atoms with Gasteiger partial charge in [0.15, 0.2) is 0 Å². The number of hydrogen-bond donors (Lipinski definition) is 0. The third-order valence-corrected chi connectivity index (χ3v) is 4.02. The van der Waals surface area contributed by atoms with Gasteiger partial charge < -0.3 is 0 Å². The molecule has 0 fully saturated rings. The second kappa shape index (κ2) is 5.01. The number of nitrogens with zero attached hydrogens (tertiary/aromatic N) is 1. The largest absolute Gasteiger partial charge is 0.248 e. The van der Waals surface area contributed by atoms with Gasteiger partial charge in [-0.05, 0) is 24.3 Å². The Morgan fingerprint density at radius 2 is 1.47 bits per heavy atom. The molecule has 0 aliphatic carbocycles. The van der Waals surface area contributed by atoms with Crippen LogP contribution in [0.15, 0.2) is 48.5 Å². The number of benzene rings is 2. The van der Waals surface area contributed by atoms with E-state index in [1.54, 1.807) is 12.1 Å². The highest BCUT2D eigenvalue weighted by molar-refractivity contribution is 6.46. The minimum absolute atomic E-state index is 0.428. The molecule has 1 heterocycles. The fraction of sp³-hybridized carbons (Fsp3) is 0. The van der Waals surface area contributed by atoms with Crippen molar-refractivity contribution in [2.24, 2.45) is 0 Å². The minimum atomic E-state index is 0.428. The summed E-state index contributed by atoms with van der Waals surface area (Å²) in [5.41, 5.74) is 2.28. The Labute approximate surface area is 125 Å². The number of rotatable bonds is 1. The summed E-state index contributed by atoms with van der Waals surface area (Å²) in [5, 5.41) is 2.51. The van der Waals surface area contributed by atoms with Crippen molar-refractivity contribution in [3.05, 3.63) is 63.6 Å². The van der Waals surface area contributed by atoms with Crippen molar-refractivity contribution in [1.82, 2.24) is 4.98 Å². The molecule has 0 saturated carbocycles. The predicted octanol–water partition coefficient (Wildman–Crippen LogP) is 5.86. The molecule has 0 aliphatic rings. The van der Waals surface area contributed by atoms with Gasteiger partial charge in [0.25, 0.3) is 0 Å². The number of fused-ring (bicyclic) bond motifs is 1. The molecule has 0 N–H and O–H groups in total. The molecular formula is C15H8Cl3N. The molecule has 0 bridgehead atoms. The summed E-state index contributed by atoms with van der Waals surface area (Å²) >= 11 is 18.5. The average molecular weight is 309 g/mol. The van der Waals surface area contributed by atoms with Crippen LogP contribution in [0.5, 0.6) is 0 Å². The third-order valence-electron chi connectivity index (χ3n) is 2.90. The van der Waals surface area contributed by atoms with E-state index in [9.17, 15) is 0 Å². The zero-order valence-corrected chi connectivity index (χ0v) is 12.0. The lowest BCUT2D eigenvalue weighted by molar-refractivity contribution is 1.40. The summed E-state index contributed by atoms with van der Waals surface area (Å²) < 4.78 is 0. The fourth-order valence-electron chi connectivity index (χ4n) is 1.97. The van der Waals surface area contributed by atoms with Gasteiger partial charge in [-0.3, -0.25) is 0 Å². The fourth-order valence-corrected chi connectivity index (χ4v) is 2.69. The topological polar surface area (TPSA) is 12.9 Å². The van der Waals surface area contributed by atoms with E-state index in [1.807, 2.05) is 36.4 Å². The Morgan fingerprint density at radius 3 is 2.32 bits per heavy atom. The van der Waals surface area contributed by atoms with Crippen LogP contribution in [0, 0.1) is 0 Å². The Bertz CT molecular complexity index is 768. The lowest BCUT2D eigenvalue weighted by Crippen LogP contribution is -1.88. The Kier molecular flexibility index (Phi) is 3.36. The van der Waals surface area contributed by atoms with Crippen molar-refractivity contribution in [3.63, 3.8) is 0 Å². The van der Waals surface area contributed by atoms with E-state index < -0.39 is 0 Å². The molecule has 0 radical (unpaired) electrons. The van der Waals surface area contributed by atoms with Crippen molar-refractivity contribution in [3.8, 4) is 11.3 Å². The maximum absolute atomic E-state index is 6.23. The number of pyridine rings is 1. The highest BCUT2D eigenvalue weighted by atomic mass is 35.5. The van der Waals surface area contributed by atoms with Crippen molar-refractivity contribution in [1.29, 1.82) is 0 Å². The molecule has 0 unspecified atom stereocenters. The molecule has 19 heavy (non-hydrogen) atoms. The second-order valence-electron chi connectivity index (χ2n) is 4.11. The van der Waals surface area contributed by atoms with Crippen LogP contribution in [0.2, 0.25) is 15.1 Å². The molecule has 94 valence electrons. The Hall–Kier alpha value is -1.28. The zero-order valence-electron chi connectivity index (χ0n) is 9.70. The summed E-state index contributed by atoms with van der Waals surface area (Å²) in [4.78, 5) is 4.58. The normalized spacial score (nSPS) is 10.9. The van der Waals surface area contributed by atoms with Gasteiger partial charge in [-0.1, -0.05) is 59.1 Å². The Balaban J connectivity index is 2.27. The lowest BCUT2D eigenvalue weighted by atomic mass is 10.1. The van der Waals surface area contributed by atoms with E-state index in [0.29, 0.717) is 20.6 Å². The lowest BCUT2D eigenvalue weighted by Gasteiger charge is -2.08. The smallest absolute Gasteiger partial charge is 0.0740 e. The van der Waals surface area contributed by atoms with E-state index in [1.165, 1.54) is 0 Å². The Morgan fingerprint density at radius 1 is 0.737 bits per heavy atom. The van der Waals surface area contributed by atoms with Crippen LogP contribution in [0.25, 0.3) is 22.2 Å². The van der Waals surface area contributed by atoms with Crippen LogP contribution in [0.4, 0.5) is 0 Å². The van der Waals surface area contributed by atoms with E-state index >= 15 is 0 Å². The standard InChI is InChI=1S/C15H8Cl3N/c16-10-6-7-11(17)15(18)14(10)13-8-5-9-3-1-2-4-12(9)19-13/h1-8H. The monoisotopic (exact) mass is 307 g/mol. The van der Waals surface area contributed by atoms with Gasteiger partial charge in [-0.2, -0.15) is 0 Å². The molecule has 0 spiro atoms. The van der Waals surface area contributed by atoms with Gasteiger partial charge in [0.05, 0.1) is 26.3 Å². The van der Waals surface area contributed by atoms with Gasteiger partial charge in [-0.15, -0.1) is 0 Å². The molecule has 0 amide bonds. The van der Waals surface area contributed by atoms with E-state index in [-0.39, 0.29) is 0 Å². The van der Waals surface area contributed by atoms with Crippen molar-refractivity contribution >= 4 is 45.7 Å². The molecule has 0 saturated heterocycles. The average Bonchev–Trinajstić information content (AvgIpc) is 2.43. The van der Waals surface area contributed by atoms with Crippen LogP contribution >= 0.6 is 34.8 Å². The van der Waals surface area contributed by atoms with Crippen LogP contribution < -0.4 is 0 Å². The van der Waals surface area contributed by atoms with Gasteiger partial charge in [0, 0.05) is 10.9 Å². The molecule has 0 atom stereocenters. The predicted molar refractivity (Wildman–Crippen MR) is 82.2 cm³/mol. The molecular weight excluding hydrogens is 301 g/mol. The molecule has 4 heteroatoms. The SMILES string of the molecule is Clc1ccc(Cl)c(-c2ccc3ccccc3n2)c1Cl. The number of halogens is 3. The first-order valence-electron chi connectivity index (χ1n) is 5.66. The maximum atomic E-state index is 6.23. The highest BCUT2D eigenvalue weighted by Gasteiger charge is 2.13. The van der Waals surface area contributed by atoms with Crippen LogP contribution in [-0.2, 0) is 0 Å². The number of aromatic nitrogens is 1. The summed E-state index contributed by atoms with van der Waals surface area (Å²) in [6.07, 6.45) is 0. The highest BCUT2D eigenvalue weighted by Crippen LogP contribution is 2.38. The zero-order chi connectivity index (χ0) is 13.4. The molecule has 3 rings (SSSR count). The summed E-state index contributed by atoms with van der Waals surface area (Å²) in [6.45, 7) is 0. The van der Waals surface area contributed by atoms with Crippen LogP contribution in [0.1, 0.15) is 0 Å². The maximum Gasteiger partial charge on any atom is 0.0740 e. The van der Waals surface area contributed by atoms with Crippen molar-refractivity contribution in [2.45, 2.75) is 0 Å². The molecule has 3 aromatic rings. The van der Waals surface area contributed by atoms with Gasteiger partial charge in [0.1, 0.15) is 0 Å². The minimum Gasteiger partial charge on any atom is -0.248 e. The van der Waals surface area contributed by atoms with Gasteiger partial charge in [0.2, 0.25) is 0 Å². The summed E-state index contributed by atoms with van der Waals surface area (Å²) in [5.74, 6) is 0. The van der Waals surface area contributed by atoms with E-state index in [0.717, 1.165) is 16.6 Å². The van der Waals surface area contributed by atoms with Gasteiger partial charge in [-0.25, -0.2) is 4.98 Å². The first-order chi connectivity index (χ1) is 9.16. The number of hydrogen-bond acceptors (Lipinski definition) is 1. The first-order valence-corrected chi connectivity index (χ1v) is 6.80. The first kappa shape index (κ1) is 12.7. The third kappa shape index (κ3) is 2.30. The molecule has 0 aliphatic heterocycles. The van der Waals surface area contributed by atoms with Crippen molar-refractivity contribution in [2.75, 3.05) is 0 Å². The summed E-state index contributed by atoms with van der Waals surface area (Å²) in [6, 6.07) is 15.2. The molecule has 1 aromatic heterocycles. The molecule has 2 aromatic carbocycles. The second-order valence-corrected chi connectivity index (χ2v) is 5.30. The van der Waals surface area contributed by atoms with Crippen molar-refractivity contribution < 1.29 is 0 Å². The van der Waals surface area contributed by atoms with E-state index in [4.69, 9.17) is 34.8 Å². The number of para-hydroxylation sites is 1. The van der Waals surface area contributed by atoms with E-state index in [2.05, 4.69) is 4.98 Å². The quantitative estimate of drug-likeness (QED) is 0.513. The summed E-state index contributed by atoms with van der Waals surface area (Å²) in [7, 11) is 0. The van der Waals surface area contributed by atoms with Gasteiger partial charge >= 0.3 is 0 Å². The van der Waals surface area contributed by atoms with Crippen LogP contribution in [0.3, 0.4) is 0 Å². The van der Waals surface area contributed by atoms with Crippen LogP contribution in [-0.4, -0.2) is 4.98 Å². The molecule has 1 nitrogen and oxygen atoms in total.